The van der Waals surface area contributed by atoms with E-state index in [1.165, 1.54) is 18.7 Å². The number of rotatable bonds is 2. The van der Waals surface area contributed by atoms with Crippen LogP contribution in [0.2, 0.25) is 0 Å². The molecule has 9 nitrogen and oxygen atoms in total. The summed E-state index contributed by atoms with van der Waals surface area (Å²) in [6.45, 7) is 3.37. The molecule has 0 saturated carbocycles. The first-order valence-corrected chi connectivity index (χ1v) is 10.2. The molecule has 11 heteroatoms. The fraction of sp³-hybridized carbons (Fsp3) is 0.304. The van der Waals surface area contributed by atoms with Crippen LogP contribution in [0.1, 0.15) is 25.0 Å². The van der Waals surface area contributed by atoms with Gasteiger partial charge in [0.1, 0.15) is 5.60 Å². The SMILES string of the molecule is CC(C)(O)C#Cc1cccc2c1COCCN2c1nc(=O)n(C(O)(O)O)c2ccc(F)c(F)c12. The minimum atomic E-state index is -3.70. The number of anilines is 2. The summed E-state index contributed by atoms with van der Waals surface area (Å²) < 4.78 is 34.9. The average Bonchev–Trinajstić information content (AvgIpc) is 2.95. The molecule has 3 aromatic rings. The van der Waals surface area contributed by atoms with Gasteiger partial charge in [-0.25, -0.2) is 18.1 Å². The maximum atomic E-state index is 15.0. The molecule has 0 amide bonds. The average molecular weight is 473 g/mol. The molecule has 0 radical (unpaired) electrons. The van der Waals surface area contributed by atoms with Crippen LogP contribution in [0.5, 0.6) is 0 Å². The molecule has 0 bridgehead atoms. The third-order valence-corrected chi connectivity index (χ3v) is 5.14. The molecule has 0 aliphatic carbocycles. The number of nitrogens with zero attached hydrogens (tertiary/aromatic N) is 3. The smallest absolute Gasteiger partial charge is 0.377 e. The molecule has 1 aliphatic rings. The van der Waals surface area contributed by atoms with Crippen LogP contribution >= 0.6 is 0 Å². The van der Waals surface area contributed by atoms with Crippen LogP contribution < -0.4 is 10.6 Å². The predicted molar refractivity (Wildman–Crippen MR) is 117 cm³/mol. The van der Waals surface area contributed by atoms with Gasteiger partial charge in [0.15, 0.2) is 17.5 Å². The molecule has 1 aliphatic heterocycles. The Balaban J connectivity index is 2.03. The van der Waals surface area contributed by atoms with Crippen molar-refractivity contribution >= 4 is 22.4 Å². The van der Waals surface area contributed by atoms with Gasteiger partial charge in [-0.2, -0.15) is 4.98 Å². The Morgan fingerprint density at radius 2 is 1.85 bits per heavy atom. The van der Waals surface area contributed by atoms with Gasteiger partial charge in [-0.3, -0.25) is 0 Å². The second-order valence-corrected chi connectivity index (χ2v) is 8.23. The van der Waals surface area contributed by atoms with E-state index in [-0.39, 0.29) is 30.1 Å². The highest BCUT2D eigenvalue weighted by molar-refractivity contribution is 5.93. The van der Waals surface area contributed by atoms with Crippen molar-refractivity contribution < 1.29 is 33.9 Å². The molecule has 0 unspecified atom stereocenters. The van der Waals surface area contributed by atoms with Crippen LogP contribution in [0.25, 0.3) is 10.9 Å². The first-order valence-electron chi connectivity index (χ1n) is 10.2. The molecule has 2 aromatic carbocycles. The lowest BCUT2D eigenvalue weighted by Crippen LogP contribution is -2.43. The summed E-state index contributed by atoms with van der Waals surface area (Å²) in [4.78, 5) is 17.9. The molecular weight excluding hydrogens is 452 g/mol. The van der Waals surface area contributed by atoms with Gasteiger partial charge in [-0.15, -0.1) is 0 Å². The molecular formula is C23H21F2N3O6. The summed E-state index contributed by atoms with van der Waals surface area (Å²) in [6, 6.07) is 6.63. The predicted octanol–water partition coefficient (Wildman–Crippen LogP) is 1.01. The Hall–Kier alpha value is -3.40. The maximum Gasteiger partial charge on any atom is 0.377 e. The Kier molecular flexibility index (Phi) is 5.89. The summed E-state index contributed by atoms with van der Waals surface area (Å²) in [5.41, 5.74) is -1.55. The number of fused-ring (bicyclic) bond motifs is 2. The molecule has 0 spiro atoms. The zero-order valence-electron chi connectivity index (χ0n) is 18.2. The zero-order chi connectivity index (χ0) is 24.8. The first kappa shape index (κ1) is 23.7. The number of ether oxygens (including phenoxy) is 1. The van der Waals surface area contributed by atoms with Gasteiger partial charge in [0.05, 0.1) is 24.1 Å². The molecule has 34 heavy (non-hydrogen) atoms. The molecule has 0 atom stereocenters. The van der Waals surface area contributed by atoms with E-state index in [4.69, 9.17) is 4.74 Å². The Bertz CT molecular complexity index is 1400. The van der Waals surface area contributed by atoms with Crippen molar-refractivity contribution in [1.29, 1.82) is 0 Å². The number of aromatic nitrogens is 2. The minimum Gasteiger partial charge on any atom is -0.378 e. The van der Waals surface area contributed by atoms with E-state index in [0.717, 1.165) is 6.07 Å². The second-order valence-electron chi connectivity index (χ2n) is 8.23. The molecule has 4 N–H and O–H groups in total. The first-order chi connectivity index (χ1) is 15.9. The second kappa shape index (κ2) is 8.43. The van der Waals surface area contributed by atoms with Crippen molar-refractivity contribution in [2.75, 3.05) is 18.1 Å². The largest absolute Gasteiger partial charge is 0.378 e. The molecule has 2 heterocycles. The summed E-state index contributed by atoms with van der Waals surface area (Å²) in [5, 5.41) is 38.3. The molecule has 0 fully saturated rings. The van der Waals surface area contributed by atoms with Gasteiger partial charge < -0.3 is 30.1 Å². The Morgan fingerprint density at radius 3 is 2.53 bits per heavy atom. The number of hydrogen-bond acceptors (Lipinski definition) is 8. The van der Waals surface area contributed by atoms with Crippen LogP contribution in [-0.4, -0.2) is 48.7 Å². The van der Waals surface area contributed by atoms with Crippen LogP contribution in [0, 0.1) is 23.5 Å². The molecule has 178 valence electrons. The van der Waals surface area contributed by atoms with Crippen LogP contribution in [0.15, 0.2) is 35.1 Å². The van der Waals surface area contributed by atoms with Crippen LogP contribution in [0.4, 0.5) is 20.3 Å². The standard InChI is InChI=1S/C23H21F2N3O6/c1-22(2,30)9-8-13-4-3-5-16-14(13)12-34-11-10-27(16)20-18-17(7-6-15(24)19(18)25)28(21(29)26-20)23(31,32)33/h3-7,30-33H,10-12H2,1-2H3. The highest BCUT2D eigenvalue weighted by atomic mass is 19.2. The fourth-order valence-electron chi connectivity index (χ4n) is 3.71. The minimum absolute atomic E-state index is 0.0365. The zero-order valence-corrected chi connectivity index (χ0v) is 18.2. The summed E-state index contributed by atoms with van der Waals surface area (Å²) in [7, 11) is 0. The van der Waals surface area contributed by atoms with Crippen molar-refractivity contribution in [3.05, 3.63) is 63.6 Å². The van der Waals surface area contributed by atoms with Gasteiger partial charge in [0.2, 0.25) is 0 Å². The quantitative estimate of drug-likeness (QED) is 0.321. The monoisotopic (exact) mass is 473 g/mol. The summed E-state index contributed by atoms with van der Waals surface area (Å²) in [5.74, 6) is 2.62. The van der Waals surface area contributed by atoms with E-state index in [1.54, 1.807) is 18.2 Å². The maximum absolute atomic E-state index is 15.0. The van der Waals surface area contributed by atoms with Crippen molar-refractivity contribution in [3.63, 3.8) is 0 Å². The van der Waals surface area contributed by atoms with Crippen molar-refractivity contribution in [2.45, 2.75) is 32.2 Å². The molecule has 0 saturated heterocycles. The van der Waals surface area contributed by atoms with Gasteiger partial charge >= 0.3 is 11.8 Å². The van der Waals surface area contributed by atoms with Crippen molar-refractivity contribution in [3.8, 4) is 11.8 Å². The van der Waals surface area contributed by atoms with E-state index in [9.17, 15) is 29.6 Å². The highest BCUT2D eigenvalue weighted by Gasteiger charge is 2.31. The topological polar surface area (TPSA) is 128 Å². The summed E-state index contributed by atoms with van der Waals surface area (Å²) >= 11 is 0. The third-order valence-electron chi connectivity index (χ3n) is 5.14. The number of benzene rings is 2. The third kappa shape index (κ3) is 4.37. The van der Waals surface area contributed by atoms with Gasteiger partial charge in [0.25, 0.3) is 0 Å². The molecule has 1 aromatic heterocycles. The fourth-order valence-corrected chi connectivity index (χ4v) is 3.71. The lowest BCUT2D eigenvalue weighted by atomic mass is 10.0. The van der Waals surface area contributed by atoms with E-state index in [0.29, 0.717) is 22.9 Å². The summed E-state index contributed by atoms with van der Waals surface area (Å²) in [6.07, 6.45) is -3.70. The van der Waals surface area contributed by atoms with E-state index < -0.39 is 39.9 Å². The lowest BCUT2D eigenvalue weighted by molar-refractivity contribution is -0.374. The van der Waals surface area contributed by atoms with Crippen LogP contribution in [-0.2, 0) is 17.4 Å². The number of halogens is 2. The van der Waals surface area contributed by atoms with Crippen molar-refractivity contribution in [1.82, 2.24) is 9.55 Å². The van der Waals surface area contributed by atoms with Gasteiger partial charge in [-0.1, -0.05) is 17.9 Å². The van der Waals surface area contributed by atoms with Crippen LogP contribution in [0.3, 0.4) is 0 Å². The highest BCUT2D eigenvalue weighted by Crippen LogP contribution is 2.36. The van der Waals surface area contributed by atoms with Gasteiger partial charge in [-0.05, 0) is 38.1 Å². The molecule has 4 rings (SSSR count). The normalized spacial score (nSPS) is 14.4. The van der Waals surface area contributed by atoms with Crippen molar-refractivity contribution in [2.24, 2.45) is 0 Å². The number of aliphatic hydroxyl groups is 4. The Morgan fingerprint density at radius 1 is 1.12 bits per heavy atom. The van der Waals surface area contributed by atoms with E-state index in [2.05, 4.69) is 16.8 Å². The lowest BCUT2D eigenvalue weighted by Gasteiger charge is -2.27. The van der Waals surface area contributed by atoms with Gasteiger partial charge in [0, 0.05) is 23.4 Å². The number of hydrogen-bond donors (Lipinski definition) is 4. The van der Waals surface area contributed by atoms with E-state index in [1.807, 2.05) is 0 Å². The Labute approximate surface area is 192 Å². The van der Waals surface area contributed by atoms with E-state index >= 15 is 4.39 Å².